The van der Waals surface area contributed by atoms with Crippen molar-refractivity contribution in [1.82, 2.24) is 15.6 Å². The van der Waals surface area contributed by atoms with Crippen LogP contribution in [0.5, 0.6) is 0 Å². The average molecular weight is 416 g/mol. The predicted octanol–water partition coefficient (Wildman–Crippen LogP) is 3.97. The number of anilines is 1. The second kappa shape index (κ2) is 11.5. The van der Waals surface area contributed by atoms with Crippen LogP contribution in [0, 0.1) is 11.3 Å². The number of rotatable bonds is 9. The Kier molecular flexibility index (Phi) is 8.79. The molecule has 1 aliphatic heterocycles. The molecule has 30 heavy (non-hydrogen) atoms. The van der Waals surface area contributed by atoms with Crippen LogP contribution in [-0.2, 0) is 11.3 Å². The van der Waals surface area contributed by atoms with Gasteiger partial charge in [0.05, 0.1) is 0 Å². The minimum atomic E-state index is 0.349. The molecule has 2 heterocycles. The highest BCUT2D eigenvalue weighted by Gasteiger charge is 2.33. The van der Waals surface area contributed by atoms with Crippen LogP contribution in [0.1, 0.15) is 64.4 Å². The summed E-state index contributed by atoms with van der Waals surface area (Å²) in [4.78, 5) is 11.5. The second-order valence-corrected chi connectivity index (χ2v) is 9.13. The van der Waals surface area contributed by atoms with Gasteiger partial charge in [-0.05, 0) is 62.0 Å². The third kappa shape index (κ3) is 6.59. The van der Waals surface area contributed by atoms with Crippen LogP contribution in [-0.4, -0.2) is 50.8 Å². The third-order valence-electron chi connectivity index (χ3n) is 6.88. The van der Waals surface area contributed by atoms with Gasteiger partial charge in [0.1, 0.15) is 5.82 Å². The summed E-state index contributed by atoms with van der Waals surface area (Å²) < 4.78 is 5.63. The Hall–Kier alpha value is -1.82. The lowest BCUT2D eigenvalue weighted by molar-refractivity contribution is 0.105. The molecular weight excluding hydrogens is 374 g/mol. The minimum absolute atomic E-state index is 0.349. The molecule has 0 aromatic carbocycles. The molecule has 168 valence electrons. The van der Waals surface area contributed by atoms with Crippen molar-refractivity contribution in [3.8, 4) is 0 Å². The summed E-state index contributed by atoms with van der Waals surface area (Å²) in [6.07, 6.45) is 10.9. The molecular formula is C24H41N5O. The van der Waals surface area contributed by atoms with Gasteiger partial charge in [-0.3, -0.25) is 4.99 Å². The van der Waals surface area contributed by atoms with Crippen molar-refractivity contribution < 1.29 is 4.74 Å². The molecule has 0 bridgehead atoms. The Morgan fingerprint density at radius 2 is 2.00 bits per heavy atom. The smallest absolute Gasteiger partial charge is 0.191 e. The molecule has 1 aromatic heterocycles. The van der Waals surface area contributed by atoms with Crippen molar-refractivity contribution in [1.29, 1.82) is 0 Å². The van der Waals surface area contributed by atoms with Gasteiger partial charge in [-0.2, -0.15) is 0 Å². The summed E-state index contributed by atoms with van der Waals surface area (Å²) in [6.45, 7) is 10.0. The Labute approximate surface area is 182 Å². The summed E-state index contributed by atoms with van der Waals surface area (Å²) >= 11 is 0. The Morgan fingerprint density at radius 3 is 2.63 bits per heavy atom. The number of pyridine rings is 1. The first-order valence-electron chi connectivity index (χ1n) is 11.9. The highest BCUT2D eigenvalue weighted by molar-refractivity contribution is 5.79. The summed E-state index contributed by atoms with van der Waals surface area (Å²) in [6, 6.07) is 4.34. The van der Waals surface area contributed by atoms with Crippen molar-refractivity contribution >= 4 is 11.8 Å². The van der Waals surface area contributed by atoms with Gasteiger partial charge in [-0.1, -0.05) is 25.8 Å². The number of hydrogen-bond donors (Lipinski definition) is 2. The fourth-order valence-electron chi connectivity index (χ4n) is 4.70. The van der Waals surface area contributed by atoms with E-state index in [4.69, 9.17) is 9.72 Å². The van der Waals surface area contributed by atoms with Gasteiger partial charge in [0.15, 0.2) is 5.96 Å². The van der Waals surface area contributed by atoms with E-state index < -0.39 is 0 Å². The van der Waals surface area contributed by atoms with Gasteiger partial charge in [-0.25, -0.2) is 4.98 Å². The van der Waals surface area contributed by atoms with Crippen LogP contribution >= 0.6 is 0 Å². The van der Waals surface area contributed by atoms with Crippen LogP contribution < -0.4 is 15.5 Å². The molecule has 2 N–H and O–H groups in total. The molecule has 6 heteroatoms. The Morgan fingerprint density at radius 1 is 1.23 bits per heavy atom. The molecule has 2 fully saturated rings. The molecule has 1 aromatic rings. The summed E-state index contributed by atoms with van der Waals surface area (Å²) in [5.41, 5.74) is 1.53. The van der Waals surface area contributed by atoms with Gasteiger partial charge >= 0.3 is 0 Å². The standard InChI is InChI=1S/C24H41N5O/c1-4-30-16-13-24(11-5-6-12-24)19-28-23(25-3)27-18-21-7-8-22(26-17-21)29-14-9-20(2)10-15-29/h7-8,17,20H,4-6,9-16,18-19H2,1-3H3,(H2,25,27,28). The first kappa shape index (κ1) is 22.9. The van der Waals surface area contributed by atoms with Gasteiger partial charge in [-0.15, -0.1) is 0 Å². The molecule has 0 atom stereocenters. The maximum atomic E-state index is 5.63. The monoisotopic (exact) mass is 415 g/mol. The van der Waals surface area contributed by atoms with E-state index in [0.29, 0.717) is 5.41 Å². The van der Waals surface area contributed by atoms with Crippen LogP contribution in [0.15, 0.2) is 23.3 Å². The molecule has 1 aliphatic carbocycles. The quantitative estimate of drug-likeness (QED) is 0.363. The Balaban J connectivity index is 1.45. The number of aromatic nitrogens is 1. The molecule has 1 saturated carbocycles. The molecule has 3 rings (SSSR count). The van der Waals surface area contributed by atoms with Crippen molar-refractivity contribution in [2.24, 2.45) is 16.3 Å². The van der Waals surface area contributed by atoms with E-state index in [9.17, 15) is 0 Å². The van der Waals surface area contributed by atoms with E-state index in [1.807, 2.05) is 13.2 Å². The van der Waals surface area contributed by atoms with Crippen molar-refractivity contribution in [3.05, 3.63) is 23.9 Å². The van der Waals surface area contributed by atoms with Crippen molar-refractivity contribution in [2.45, 2.75) is 65.3 Å². The Bertz CT molecular complexity index is 646. The number of guanidine groups is 1. The second-order valence-electron chi connectivity index (χ2n) is 9.13. The lowest BCUT2D eigenvalue weighted by Crippen LogP contribution is -2.43. The van der Waals surface area contributed by atoms with Gasteiger partial charge in [0, 0.05) is 52.6 Å². The topological polar surface area (TPSA) is 61.8 Å². The molecule has 0 radical (unpaired) electrons. The van der Waals surface area contributed by atoms with Crippen LogP contribution in [0.25, 0.3) is 0 Å². The summed E-state index contributed by atoms with van der Waals surface area (Å²) in [5, 5.41) is 7.02. The summed E-state index contributed by atoms with van der Waals surface area (Å²) in [5.74, 6) is 2.81. The molecule has 2 aliphatic rings. The highest BCUT2D eigenvalue weighted by Crippen LogP contribution is 2.40. The van der Waals surface area contributed by atoms with Gasteiger partial charge in [0.25, 0.3) is 0 Å². The maximum Gasteiger partial charge on any atom is 0.191 e. The zero-order valence-corrected chi connectivity index (χ0v) is 19.3. The van der Waals surface area contributed by atoms with Crippen LogP contribution in [0.3, 0.4) is 0 Å². The molecule has 0 spiro atoms. The van der Waals surface area contributed by atoms with E-state index in [2.05, 4.69) is 46.5 Å². The normalized spacial score (nSPS) is 19.8. The number of aliphatic imine (C=N–C) groups is 1. The average Bonchev–Trinajstić information content (AvgIpc) is 3.24. The first-order valence-corrected chi connectivity index (χ1v) is 11.9. The highest BCUT2D eigenvalue weighted by atomic mass is 16.5. The molecule has 0 unspecified atom stereocenters. The van der Waals surface area contributed by atoms with Crippen LogP contribution in [0.4, 0.5) is 5.82 Å². The van der Waals surface area contributed by atoms with E-state index in [1.165, 1.54) is 44.1 Å². The van der Waals surface area contributed by atoms with E-state index in [0.717, 1.165) is 63.5 Å². The number of nitrogens with zero attached hydrogens (tertiary/aromatic N) is 3. The first-order chi connectivity index (χ1) is 14.6. The van der Waals surface area contributed by atoms with Crippen molar-refractivity contribution in [2.75, 3.05) is 44.8 Å². The lowest BCUT2D eigenvalue weighted by atomic mass is 9.83. The van der Waals surface area contributed by atoms with E-state index in [1.54, 1.807) is 0 Å². The number of piperidine rings is 1. The van der Waals surface area contributed by atoms with Gasteiger partial charge in [0.2, 0.25) is 0 Å². The van der Waals surface area contributed by atoms with E-state index in [-0.39, 0.29) is 0 Å². The third-order valence-corrected chi connectivity index (χ3v) is 6.88. The van der Waals surface area contributed by atoms with Crippen molar-refractivity contribution in [3.63, 3.8) is 0 Å². The molecule has 0 amide bonds. The number of nitrogens with one attached hydrogen (secondary N) is 2. The SMILES string of the molecule is CCOCCC1(CNC(=NC)NCc2ccc(N3CCC(C)CC3)nc2)CCCC1. The predicted molar refractivity (Wildman–Crippen MR) is 125 cm³/mol. The van der Waals surface area contributed by atoms with E-state index >= 15 is 0 Å². The largest absolute Gasteiger partial charge is 0.382 e. The molecule has 1 saturated heterocycles. The zero-order chi connectivity index (χ0) is 21.2. The summed E-state index contributed by atoms with van der Waals surface area (Å²) in [7, 11) is 1.84. The molecule has 6 nitrogen and oxygen atoms in total. The number of ether oxygens (including phenoxy) is 1. The van der Waals surface area contributed by atoms with Crippen LogP contribution in [0.2, 0.25) is 0 Å². The zero-order valence-electron chi connectivity index (χ0n) is 19.3. The fraction of sp³-hybridized carbons (Fsp3) is 0.750. The fourth-order valence-corrected chi connectivity index (χ4v) is 4.70. The van der Waals surface area contributed by atoms with Gasteiger partial charge < -0.3 is 20.3 Å². The number of hydrogen-bond acceptors (Lipinski definition) is 4. The minimum Gasteiger partial charge on any atom is -0.382 e. The lowest BCUT2D eigenvalue weighted by Gasteiger charge is -2.31. The maximum absolute atomic E-state index is 5.63.